The van der Waals surface area contributed by atoms with E-state index in [9.17, 15) is 9.18 Å². The molecule has 0 heterocycles. The van der Waals surface area contributed by atoms with Crippen LogP contribution in [0.25, 0.3) is 0 Å². The Hall–Kier alpha value is -1.42. The lowest BCUT2D eigenvalue weighted by molar-refractivity contribution is -0.146. The van der Waals surface area contributed by atoms with Crippen LogP contribution in [0.1, 0.15) is 37.9 Å². The number of carbonyl (C=O) groups excluding carboxylic acids is 1. The largest absolute Gasteiger partial charge is 0.465 e. The maximum atomic E-state index is 13.2. The van der Waals surface area contributed by atoms with E-state index < -0.39 is 6.04 Å². The average molecular weight is 253 g/mol. The van der Waals surface area contributed by atoms with Crippen molar-refractivity contribution >= 4 is 5.97 Å². The van der Waals surface area contributed by atoms with E-state index in [-0.39, 0.29) is 17.8 Å². The van der Waals surface area contributed by atoms with Crippen LogP contribution in [-0.2, 0) is 9.53 Å². The summed E-state index contributed by atoms with van der Waals surface area (Å²) in [6, 6.07) is 4.24. The molecule has 0 saturated carbocycles. The SMILES string of the molecule is CCOC(=O)C(NC(C)C)c1ccc(F)c(C)c1. The van der Waals surface area contributed by atoms with Gasteiger partial charge in [0.15, 0.2) is 0 Å². The number of hydrogen-bond acceptors (Lipinski definition) is 3. The first-order valence-corrected chi connectivity index (χ1v) is 6.14. The highest BCUT2D eigenvalue weighted by Gasteiger charge is 2.22. The van der Waals surface area contributed by atoms with Gasteiger partial charge in [0.2, 0.25) is 0 Å². The molecule has 0 aliphatic heterocycles. The lowest BCUT2D eigenvalue weighted by Crippen LogP contribution is -2.34. The fourth-order valence-corrected chi connectivity index (χ4v) is 1.71. The van der Waals surface area contributed by atoms with Crippen molar-refractivity contribution in [2.75, 3.05) is 6.61 Å². The zero-order chi connectivity index (χ0) is 13.7. The van der Waals surface area contributed by atoms with Gasteiger partial charge in [-0.25, -0.2) is 9.18 Å². The first-order chi connectivity index (χ1) is 8.45. The fourth-order valence-electron chi connectivity index (χ4n) is 1.71. The number of aryl methyl sites for hydroxylation is 1. The van der Waals surface area contributed by atoms with Crippen molar-refractivity contribution in [2.24, 2.45) is 0 Å². The molecule has 0 aliphatic carbocycles. The number of hydrogen-bond donors (Lipinski definition) is 1. The summed E-state index contributed by atoms with van der Waals surface area (Å²) in [6.07, 6.45) is 0. The van der Waals surface area contributed by atoms with Gasteiger partial charge in [0.05, 0.1) is 6.61 Å². The van der Waals surface area contributed by atoms with Gasteiger partial charge in [0.1, 0.15) is 11.9 Å². The van der Waals surface area contributed by atoms with Gasteiger partial charge in [-0.05, 0) is 44.9 Å². The van der Waals surface area contributed by atoms with Gasteiger partial charge in [-0.15, -0.1) is 0 Å². The summed E-state index contributed by atoms with van der Waals surface area (Å²) in [7, 11) is 0. The molecule has 0 amide bonds. The maximum absolute atomic E-state index is 13.2. The zero-order valence-electron chi connectivity index (χ0n) is 11.3. The van der Waals surface area contributed by atoms with Crippen molar-refractivity contribution in [1.29, 1.82) is 0 Å². The minimum absolute atomic E-state index is 0.129. The molecule has 0 radical (unpaired) electrons. The molecule has 3 nitrogen and oxygen atoms in total. The fraction of sp³-hybridized carbons (Fsp3) is 0.500. The number of nitrogens with one attached hydrogen (secondary N) is 1. The van der Waals surface area contributed by atoms with E-state index in [1.165, 1.54) is 6.07 Å². The quantitative estimate of drug-likeness (QED) is 0.820. The van der Waals surface area contributed by atoms with E-state index >= 15 is 0 Å². The molecule has 0 aromatic heterocycles. The number of ether oxygens (including phenoxy) is 1. The van der Waals surface area contributed by atoms with Crippen molar-refractivity contribution in [3.05, 3.63) is 35.1 Å². The second-order valence-corrected chi connectivity index (χ2v) is 4.52. The Balaban J connectivity index is 3.00. The Bertz CT molecular complexity index is 418. The first-order valence-electron chi connectivity index (χ1n) is 6.14. The monoisotopic (exact) mass is 253 g/mol. The summed E-state index contributed by atoms with van der Waals surface area (Å²) in [5, 5.41) is 3.13. The van der Waals surface area contributed by atoms with Crippen LogP contribution in [0, 0.1) is 12.7 Å². The summed E-state index contributed by atoms with van der Waals surface area (Å²) in [5.74, 6) is -0.608. The maximum Gasteiger partial charge on any atom is 0.327 e. The summed E-state index contributed by atoms with van der Waals surface area (Å²) in [4.78, 5) is 11.9. The zero-order valence-corrected chi connectivity index (χ0v) is 11.3. The number of benzene rings is 1. The van der Waals surface area contributed by atoms with Gasteiger partial charge in [0.25, 0.3) is 0 Å². The predicted octanol–water partition coefficient (Wildman–Crippen LogP) is 2.74. The molecule has 18 heavy (non-hydrogen) atoms. The Morgan fingerprint density at radius 1 is 1.44 bits per heavy atom. The molecular formula is C14H20FNO2. The Kier molecular flexibility index (Phi) is 5.28. The van der Waals surface area contributed by atoms with Crippen LogP contribution >= 0.6 is 0 Å². The van der Waals surface area contributed by atoms with Gasteiger partial charge < -0.3 is 4.74 Å². The minimum atomic E-state index is -0.552. The summed E-state index contributed by atoms with van der Waals surface area (Å²) >= 11 is 0. The van der Waals surface area contributed by atoms with Gasteiger partial charge in [-0.3, -0.25) is 5.32 Å². The Morgan fingerprint density at radius 2 is 2.11 bits per heavy atom. The standard InChI is InChI=1S/C14H20FNO2/c1-5-18-14(17)13(16-9(2)3)11-6-7-12(15)10(4)8-11/h6-9,13,16H,5H2,1-4H3. The first kappa shape index (κ1) is 14.6. The van der Waals surface area contributed by atoms with Crippen molar-refractivity contribution < 1.29 is 13.9 Å². The van der Waals surface area contributed by atoms with Crippen LogP contribution in [-0.4, -0.2) is 18.6 Å². The minimum Gasteiger partial charge on any atom is -0.465 e. The lowest BCUT2D eigenvalue weighted by atomic mass is 10.0. The van der Waals surface area contributed by atoms with Crippen LogP contribution in [0.5, 0.6) is 0 Å². The Morgan fingerprint density at radius 3 is 2.61 bits per heavy atom. The van der Waals surface area contributed by atoms with Crippen LogP contribution in [0.2, 0.25) is 0 Å². The molecule has 0 aliphatic rings. The van der Waals surface area contributed by atoms with Crippen molar-refractivity contribution in [3.63, 3.8) is 0 Å². The summed E-state index contributed by atoms with van der Waals surface area (Å²) in [5.41, 5.74) is 1.24. The van der Waals surface area contributed by atoms with E-state index in [4.69, 9.17) is 4.74 Å². The van der Waals surface area contributed by atoms with E-state index in [1.54, 1.807) is 26.0 Å². The molecule has 1 atom stereocenters. The Labute approximate surface area is 107 Å². The van der Waals surface area contributed by atoms with Crippen LogP contribution in [0.15, 0.2) is 18.2 Å². The molecule has 0 saturated heterocycles. The molecule has 1 aromatic carbocycles. The molecule has 1 unspecified atom stereocenters. The van der Waals surface area contributed by atoms with Crippen molar-refractivity contribution in [3.8, 4) is 0 Å². The molecule has 1 aromatic rings. The van der Waals surface area contributed by atoms with Crippen LogP contribution in [0.4, 0.5) is 4.39 Å². The number of esters is 1. The molecule has 1 rings (SSSR count). The van der Waals surface area contributed by atoms with Crippen molar-refractivity contribution in [1.82, 2.24) is 5.32 Å². The number of halogens is 1. The second-order valence-electron chi connectivity index (χ2n) is 4.52. The van der Waals surface area contributed by atoms with Gasteiger partial charge in [-0.2, -0.15) is 0 Å². The highest BCUT2D eigenvalue weighted by atomic mass is 19.1. The topological polar surface area (TPSA) is 38.3 Å². The van der Waals surface area contributed by atoms with E-state index in [1.807, 2.05) is 13.8 Å². The van der Waals surface area contributed by atoms with Crippen LogP contribution in [0.3, 0.4) is 0 Å². The summed E-state index contributed by atoms with van der Waals surface area (Å²) in [6.45, 7) is 7.66. The highest BCUT2D eigenvalue weighted by Crippen LogP contribution is 2.19. The third-order valence-corrected chi connectivity index (χ3v) is 2.54. The highest BCUT2D eigenvalue weighted by molar-refractivity contribution is 5.77. The lowest BCUT2D eigenvalue weighted by Gasteiger charge is -2.20. The van der Waals surface area contributed by atoms with Gasteiger partial charge in [0, 0.05) is 6.04 Å². The van der Waals surface area contributed by atoms with Gasteiger partial charge in [-0.1, -0.05) is 12.1 Å². The van der Waals surface area contributed by atoms with Crippen LogP contribution < -0.4 is 5.32 Å². The average Bonchev–Trinajstić information content (AvgIpc) is 2.30. The molecule has 0 fully saturated rings. The molecule has 4 heteroatoms. The normalized spacial score (nSPS) is 12.6. The molecule has 100 valence electrons. The van der Waals surface area contributed by atoms with Gasteiger partial charge >= 0.3 is 5.97 Å². The molecule has 0 spiro atoms. The van der Waals surface area contributed by atoms with E-state index in [2.05, 4.69) is 5.32 Å². The summed E-state index contributed by atoms with van der Waals surface area (Å²) < 4.78 is 18.3. The molecule has 0 bridgehead atoms. The van der Waals surface area contributed by atoms with Crippen molar-refractivity contribution in [2.45, 2.75) is 39.8 Å². The third-order valence-electron chi connectivity index (χ3n) is 2.54. The second kappa shape index (κ2) is 6.50. The predicted molar refractivity (Wildman–Crippen MR) is 68.8 cm³/mol. The smallest absolute Gasteiger partial charge is 0.327 e. The third kappa shape index (κ3) is 3.81. The number of rotatable bonds is 5. The number of carbonyl (C=O) groups is 1. The molecule has 1 N–H and O–H groups in total. The van der Waals surface area contributed by atoms with E-state index in [0.717, 1.165) is 5.56 Å². The molecular weight excluding hydrogens is 233 g/mol. The van der Waals surface area contributed by atoms with E-state index in [0.29, 0.717) is 12.2 Å².